The topological polar surface area (TPSA) is 113 Å². The molecule has 0 aromatic heterocycles. The molecule has 0 bridgehead atoms. The van der Waals surface area contributed by atoms with E-state index < -0.39 is 18.1 Å². The first kappa shape index (κ1) is 13.4. The maximum atomic E-state index is 10.7. The Bertz CT molecular complexity index is 407. The number of methoxy groups -OCH3 is 1. The molecule has 6 nitrogen and oxygen atoms in total. The van der Waals surface area contributed by atoms with Gasteiger partial charge in [0.15, 0.2) is 0 Å². The summed E-state index contributed by atoms with van der Waals surface area (Å²) in [5.41, 5.74) is 6.17. The first-order valence-corrected chi connectivity index (χ1v) is 4.94. The van der Waals surface area contributed by atoms with Crippen molar-refractivity contribution in [1.29, 1.82) is 0 Å². The van der Waals surface area contributed by atoms with Gasteiger partial charge >= 0.3 is 5.97 Å². The Labute approximate surface area is 98.3 Å². The molecule has 0 spiro atoms. The van der Waals surface area contributed by atoms with E-state index in [1.165, 1.54) is 25.3 Å². The summed E-state index contributed by atoms with van der Waals surface area (Å²) >= 11 is 0. The van der Waals surface area contributed by atoms with Gasteiger partial charge in [0.2, 0.25) is 0 Å². The maximum Gasteiger partial charge on any atom is 0.323 e. The van der Waals surface area contributed by atoms with Crippen molar-refractivity contribution in [3.05, 3.63) is 29.3 Å². The summed E-state index contributed by atoms with van der Waals surface area (Å²) in [7, 11) is 1.46. The summed E-state index contributed by atoms with van der Waals surface area (Å²) in [6.07, 6.45) is -1.35. The fraction of sp³-hybridized carbons (Fsp3) is 0.364. The number of hydrogen-bond donors (Lipinski definition) is 4. The number of carbonyl (C=O) groups is 1. The van der Waals surface area contributed by atoms with Gasteiger partial charge in [-0.05, 0) is 23.3 Å². The van der Waals surface area contributed by atoms with Crippen molar-refractivity contribution < 1.29 is 24.9 Å². The molecule has 0 fully saturated rings. The van der Waals surface area contributed by atoms with Gasteiger partial charge in [0, 0.05) is 7.11 Å². The number of aliphatic hydroxyl groups excluding tert-OH is 1. The number of phenolic OH excluding ortho intramolecular Hbond substituents is 1. The molecular weight excluding hydrogens is 226 g/mol. The van der Waals surface area contributed by atoms with Crippen LogP contribution < -0.4 is 5.73 Å². The molecule has 0 aliphatic heterocycles. The van der Waals surface area contributed by atoms with Gasteiger partial charge in [0.1, 0.15) is 17.9 Å². The van der Waals surface area contributed by atoms with Crippen molar-refractivity contribution in [1.82, 2.24) is 0 Å². The van der Waals surface area contributed by atoms with E-state index in [0.29, 0.717) is 11.1 Å². The lowest BCUT2D eigenvalue weighted by atomic mass is 9.97. The number of benzene rings is 1. The fourth-order valence-corrected chi connectivity index (χ4v) is 1.49. The van der Waals surface area contributed by atoms with Crippen LogP contribution >= 0.6 is 0 Å². The van der Waals surface area contributed by atoms with Crippen LogP contribution in [-0.2, 0) is 16.1 Å². The number of ether oxygens (including phenoxy) is 1. The van der Waals surface area contributed by atoms with Gasteiger partial charge in [-0.1, -0.05) is 6.07 Å². The number of hydrogen-bond acceptors (Lipinski definition) is 5. The Hall–Kier alpha value is -1.63. The number of rotatable bonds is 5. The van der Waals surface area contributed by atoms with Crippen LogP contribution in [-0.4, -0.2) is 34.4 Å². The molecule has 0 radical (unpaired) electrons. The lowest BCUT2D eigenvalue weighted by Gasteiger charge is -2.18. The summed E-state index contributed by atoms with van der Waals surface area (Å²) in [5.74, 6) is -1.29. The number of aromatic hydroxyl groups is 1. The summed E-state index contributed by atoms with van der Waals surface area (Å²) in [5, 5.41) is 27.8. The normalized spacial score (nSPS) is 14.3. The van der Waals surface area contributed by atoms with Crippen molar-refractivity contribution >= 4 is 5.97 Å². The van der Waals surface area contributed by atoms with Gasteiger partial charge in [-0.2, -0.15) is 0 Å². The molecule has 0 saturated heterocycles. The smallest absolute Gasteiger partial charge is 0.323 e. The van der Waals surface area contributed by atoms with Crippen LogP contribution in [0.15, 0.2) is 18.2 Å². The van der Waals surface area contributed by atoms with Crippen molar-refractivity contribution in [2.24, 2.45) is 5.73 Å². The zero-order valence-corrected chi connectivity index (χ0v) is 9.33. The molecule has 0 amide bonds. The van der Waals surface area contributed by atoms with Crippen LogP contribution in [0.5, 0.6) is 5.75 Å². The molecule has 6 heteroatoms. The maximum absolute atomic E-state index is 10.7. The molecule has 0 aliphatic carbocycles. The van der Waals surface area contributed by atoms with Crippen LogP contribution in [0.25, 0.3) is 0 Å². The predicted octanol–water partition coefficient (Wildman–Crippen LogP) is -0.0161. The molecule has 0 aliphatic rings. The van der Waals surface area contributed by atoms with E-state index >= 15 is 0 Å². The molecule has 17 heavy (non-hydrogen) atoms. The first-order chi connectivity index (χ1) is 7.97. The molecule has 94 valence electrons. The van der Waals surface area contributed by atoms with E-state index in [0.717, 1.165) is 0 Å². The molecule has 5 N–H and O–H groups in total. The van der Waals surface area contributed by atoms with Crippen LogP contribution in [0, 0.1) is 0 Å². The third kappa shape index (κ3) is 3.16. The van der Waals surface area contributed by atoms with Crippen LogP contribution in [0.1, 0.15) is 17.2 Å². The standard InChI is InChI=1S/C11H15NO5/c1-17-5-6-4-7(13)2-3-8(6)10(14)9(12)11(15)16/h2-4,9-10,13-14H,5,12H2,1H3,(H,15,16)/t9-,10?/m0/s1. The van der Waals surface area contributed by atoms with Crippen LogP contribution in [0.4, 0.5) is 0 Å². The highest BCUT2D eigenvalue weighted by atomic mass is 16.5. The highest BCUT2D eigenvalue weighted by Gasteiger charge is 2.25. The average Bonchev–Trinajstić information content (AvgIpc) is 2.27. The Morgan fingerprint density at radius 2 is 2.18 bits per heavy atom. The highest BCUT2D eigenvalue weighted by Crippen LogP contribution is 2.25. The zero-order valence-electron chi connectivity index (χ0n) is 9.33. The first-order valence-electron chi connectivity index (χ1n) is 4.94. The van der Waals surface area contributed by atoms with Crippen molar-refractivity contribution in [3.63, 3.8) is 0 Å². The van der Waals surface area contributed by atoms with Gasteiger partial charge in [-0.25, -0.2) is 0 Å². The average molecular weight is 241 g/mol. The Morgan fingerprint density at radius 3 is 2.71 bits per heavy atom. The van der Waals surface area contributed by atoms with E-state index in [2.05, 4.69) is 0 Å². The number of aliphatic hydroxyl groups is 1. The number of phenols is 1. The van der Waals surface area contributed by atoms with E-state index in [1.54, 1.807) is 0 Å². The molecule has 1 rings (SSSR count). The van der Waals surface area contributed by atoms with Gasteiger partial charge in [0.25, 0.3) is 0 Å². The molecule has 1 aromatic rings. The van der Waals surface area contributed by atoms with Gasteiger partial charge < -0.3 is 25.8 Å². The Kier molecular flexibility index (Phi) is 4.45. The number of aliphatic carboxylic acids is 1. The largest absolute Gasteiger partial charge is 0.508 e. The van der Waals surface area contributed by atoms with E-state index in [-0.39, 0.29) is 12.4 Å². The van der Waals surface area contributed by atoms with E-state index in [9.17, 15) is 15.0 Å². The fourth-order valence-electron chi connectivity index (χ4n) is 1.49. The van der Waals surface area contributed by atoms with Crippen molar-refractivity contribution in [2.45, 2.75) is 18.8 Å². The third-order valence-electron chi connectivity index (χ3n) is 2.37. The van der Waals surface area contributed by atoms with Gasteiger partial charge in [-0.3, -0.25) is 4.79 Å². The molecule has 0 heterocycles. The number of carboxylic acid groups (broad SMARTS) is 1. The van der Waals surface area contributed by atoms with E-state index in [4.69, 9.17) is 15.6 Å². The second-order valence-corrected chi connectivity index (χ2v) is 3.62. The monoisotopic (exact) mass is 241 g/mol. The zero-order chi connectivity index (χ0) is 13.0. The van der Waals surface area contributed by atoms with Gasteiger partial charge in [-0.15, -0.1) is 0 Å². The molecule has 2 atom stereocenters. The lowest BCUT2D eigenvalue weighted by molar-refractivity contribution is -0.141. The van der Waals surface area contributed by atoms with Crippen LogP contribution in [0.3, 0.4) is 0 Å². The summed E-state index contributed by atoms with van der Waals surface area (Å²) < 4.78 is 4.90. The molecule has 1 unspecified atom stereocenters. The second kappa shape index (κ2) is 5.62. The third-order valence-corrected chi connectivity index (χ3v) is 2.37. The summed E-state index contributed by atoms with van der Waals surface area (Å²) in [4.78, 5) is 10.7. The minimum absolute atomic E-state index is 0.0110. The van der Waals surface area contributed by atoms with Crippen molar-refractivity contribution in [2.75, 3.05) is 7.11 Å². The minimum atomic E-state index is -1.42. The van der Waals surface area contributed by atoms with E-state index in [1.807, 2.05) is 0 Å². The predicted molar refractivity (Wildman–Crippen MR) is 59.4 cm³/mol. The highest BCUT2D eigenvalue weighted by molar-refractivity contribution is 5.74. The van der Waals surface area contributed by atoms with Crippen LogP contribution in [0.2, 0.25) is 0 Å². The number of carboxylic acids is 1. The second-order valence-electron chi connectivity index (χ2n) is 3.62. The minimum Gasteiger partial charge on any atom is -0.508 e. The Balaban J connectivity index is 3.07. The summed E-state index contributed by atoms with van der Waals surface area (Å²) in [6.45, 7) is 0.146. The molecule has 0 saturated carbocycles. The summed E-state index contributed by atoms with van der Waals surface area (Å²) in [6, 6.07) is 2.76. The SMILES string of the molecule is COCc1cc(O)ccc1C(O)[C@H](N)C(=O)O. The Morgan fingerprint density at radius 1 is 1.53 bits per heavy atom. The number of nitrogens with two attached hydrogens (primary N) is 1. The molecule has 1 aromatic carbocycles. The lowest BCUT2D eigenvalue weighted by Crippen LogP contribution is -2.36. The molecular formula is C11H15NO5. The van der Waals surface area contributed by atoms with Crippen molar-refractivity contribution in [3.8, 4) is 5.75 Å². The van der Waals surface area contributed by atoms with Gasteiger partial charge in [0.05, 0.1) is 6.61 Å². The quantitative estimate of drug-likeness (QED) is 0.576.